The van der Waals surface area contributed by atoms with E-state index in [1.807, 2.05) is 31.2 Å². The molecule has 0 aliphatic heterocycles. The third kappa shape index (κ3) is 4.57. The molecule has 0 unspecified atom stereocenters. The molecule has 0 bridgehead atoms. The van der Waals surface area contributed by atoms with E-state index in [2.05, 4.69) is 26.3 Å². The van der Waals surface area contributed by atoms with E-state index in [1.54, 1.807) is 0 Å². The van der Waals surface area contributed by atoms with Gasteiger partial charge in [0.1, 0.15) is 18.5 Å². The van der Waals surface area contributed by atoms with Gasteiger partial charge in [0.05, 0.1) is 12.0 Å². The summed E-state index contributed by atoms with van der Waals surface area (Å²) in [4.78, 5) is 26.6. The maximum atomic E-state index is 13.4. The molecule has 1 fully saturated rings. The van der Waals surface area contributed by atoms with Gasteiger partial charge < -0.3 is 20.4 Å². The molecule has 3 N–H and O–H groups in total. The van der Waals surface area contributed by atoms with E-state index in [0.717, 1.165) is 34.7 Å². The lowest BCUT2D eigenvalue weighted by atomic mass is 9.91. The number of nitrogens with one attached hydrogen (secondary N) is 1. The average Bonchev–Trinajstić information content (AvgIpc) is 3.23. The summed E-state index contributed by atoms with van der Waals surface area (Å²) in [5, 5.41) is 10.4. The molecule has 0 spiro atoms. The highest BCUT2D eigenvalue weighted by molar-refractivity contribution is 5.78. The average molecular weight is 446 g/mol. The molecule has 1 aliphatic rings. The number of benzene rings is 1. The van der Waals surface area contributed by atoms with Crippen LogP contribution < -0.4 is 11.1 Å². The van der Waals surface area contributed by atoms with Gasteiger partial charge in [-0.25, -0.2) is 8.78 Å². The summed E-state index contributed by atoms with van der Waals surface area (Å²) in [5.41, 5.74) is 6.00. The first kappa shape index (κ1) is 23.2. The van der Waals surface area contributed by atoms with E-state index in [0.29, 0.717) is 12.1 Å². The molecular weight excluding hydrogens is 422 g/mol. The summed E-state index contributed by atoms with van der Waals surface area (Å²) in [7, 11) is 1.50. The van der Waals surface area contributed by atoms with Crippen molar-refractivity contribution in [3.63, 3.8) is 0 Å². The Morgan fingerprint density at radius 2 is 2.06 bits per heavy atom. The highest BCUT2D eigenvalue weighted by Crippen LogP contribution is 2.53. The lowest BCUT2D eigenvalue weighted by Crippen LogP contribution is -2.30. The molecule has 2 aromatic heterocycles. The number of nitrogens with two attached hydrogens (primary N) is 1. The lowest BCUT2D eigenvalue weighted by Gasteiger charge is -2.13. The number of carbonyl (C=O) groups is 2. The molecule has 1 aromatic carbocycles. The van der Waals surface area contributed by atoms with Crippen LogP contribution in [0.3, 0.4) is 0 Å². The van der Waals surface area contributed by atoms with Crippen LogP contribution in [0.2, 0.25) is 0 Å². The first-order valence-electron chi connectivity index (χ1n) is 9.99. The van der Waals surface area contributed by atoms with Crippen molar-refractivity contribution >= 4 is 12.2 Å². The van der Waals surface area contributed by atoms with Gasteiger partial charge >= 0.3 is 0 Å². The fraction of sp³-hybridized carbons (Fsp3) is 0.381. The molecular formula is C21H24F2N6O3. The fourth-order valence-corrected chi connectivity index (χ4v) is 3.56. The maximum absolute atomic E-state index is 13.4. The van der Waals surface area contributed by atoms with Gasteiger partial charge in [0.2, 0.25) is 5.91 Å². The number of nitrogens with zero attached hydrogens (tertiary/aromatic N) is 4. The van der Waals surface area contributed by atoms with Crippen molar-refractivity contribution < 1.29 is 22.9 Å². The Labute approximate surface area is 183 Å². The summed E-state index contributed by atoms with van der Waals surface area (Å²) in [6.07, 6.45) is -0.619. The van der Waals surface area contributed by atoms with E-state index in [-0.39, 0.29) is 23.5 Å². The number of hydrogen-bond donors (Lipinski definition) is 2. The van der Waals surface area contributed by atoms with Crippen molar-refractivity contribution in [1.29, 1.82) is 0 Å². The largest absolute Gasteiger partial charge is 0.348 e. The Hall–Kier alpha value is -3.47. The van der Waals surface area contributed by atoms with E-state index in [9.17, 15) is 18.4 Å². The number of aromatic nitrogens is 4. The number of amides is 1. The minimum Gasteiger partial charge on any atom is -0.348 e. The van der Waals surface area contributed by atoms with Crippen molar-refractivity contribution in [3.8, 4) is 11.6 Å². The van der Waals surface area contributed by atoms with Crippen molar-refractivity contribution in [2.24, 2.45) is 5.73 Å². The second-order valence-electron chi connectivity index (χ2n) is 7.20. The SMILES string of the molecule is CN.Cc1ccccc1C1(c2noc(-c3cc(C(F)F)n(CC(=O)NCC=O)n3)n2)CC1. The molecule has 1 amide bonds. The zero-order valence-corrected chi connectivity index (χ0v) is 17.7. The monoisotopic (exact) mass is 446 g/mol. The number of hydrogen-bond acceptors (Lipinski definition) is 7. The second kappa shape index (κ2) is 9.77. The smallest absolute Gasteiger partial charge is 0.280 e. The Kier molecular flexibility index (Phi) is 7.08. The third-order valence-corrected chi connectivity index (χ3v) is 5.19. The number of halogens is 2. The van der Waals surface area contributed by atoms with Gasteiger partial charge in [0, 0.05) is 0 Å². The van der Waals surface area contributed by atoms with Crippen molar-refractivity contribution in [2.45, 2.75) is 38.2 Å². The molecule has 2 heterocycles. The normalized spacial score (nSPS) is 13.9. The highest BCUT2D eigenvalue weighted by atomic mass is 19.3. The summed E-state index contributed by atoms with van der Waals surface area (Å²) in [6, 6.07) is 9.08. The summed E-state index contributed by atoms with van der Waals surface area (Å²) >= 11 is 0. The molecule has 9 nitrogen and oxygen atoms in total. The van der Waals surface area contributed by atoms with Crippen molar-refractivity contribution in [2.75, 3.05) is 13.6 Å². The quantitative estimate of drug-likeness (QED) is 0.507. The van der Waals surface area contributed by atoms with Gasteiger partial charge in [0.25, 0.3) is 12.3 Å². The maximum Gasteiger partial charge on any atom is 0.280 e. The number of carbonyl (C=O) groups excluding carboxylic acids is 2. The van der Waals surface area contributed by atoms with Crippen molar-refractivity contribution in [3.05, 3.63) is 53.0 Å². The van der Waals surface area contributed by atoms with Gasteiger partial charge in [-0.1, -0.05) is 29.4 Å². The molecule has 0 radical (unpaired) electrons. The van der Waals surface area contributed by atoms with Crippen molar-refractivity contribution in [1.82, 2.24) is 25.2 Å². The standard InChI is InChI=1S/C20H19F2N5O3.CH5N/c1-12-4-2-3-5-13(12)20(6-7-20)19-24-18(30-26-19)14-10-15(17(21)22)27(25-14)11-16(29)23-8-9-28;1-2/h2-5,9-10,17H,6-8,11H2,1H3,(H,23,29);2H2,1H3. The Bertz CT molecular complexity index is 1090. The summed E-state index contributed by atoms with van der Waals surface area (Å²) in [6.45, 7) is 1.36. The van der Waals surface area contributed by atoms with Gasteiger partial charge in [-0.3, -0.25) is 9.48 Å². The third-order valence-electron chi connectivity index (χ3n) is 5.19. The second-order valence-corrected chi connectivity index (χ2v) is 7.20. The molecule has 1 aliphatic carbocycles. The van der Waals surface area contributed by atoms with Gasteiger partial charge in [-0.05, 0) is 44.0 Å². The van der Waals surface area contributed by atoms with Crippen LogP contribution in [0.4, 0.5) is 8.78 Å². The Morgan fingerprint density at radius 3 is 2.69 bits per heavy atom. The molecule has 11 heteroatoms. The number of alkyl halides is 2. The van der Waals surface area contributed by atoms with Crippen LogP contribution in [-0.4, -0.2) is 45.7 Å². The number of rotatable bonds is 8. The van der Waals surface area contributed by atoms with Crippen LogP contribution in [0.25, 0.3) is 11.6 Å². The topological polar surface area (TPSA) is 129 Å². The summed E-state index contributed by atoms with van der Waals surface area (Å²) in [5.74, 6) is -0.108. The van der Waals surface area contributed by atoms with Crippen LogP contribution in [-0.2, 0) is 21.5 Å². The first-order valence-corrected chi connectivity index (χ1v) is 9.99. The number of aldehydes is 1. The van der Waals surface area contributed by atoms with Crippen LogP contribution >= 0.6 is 0 Å². The molecule has 0 saturated heterocycles. The molecule has 4 rings (SSSR count). The molecule has 0 atom stereocenters. The van der Waals surface area contributed by atoms with Crippen LogP contribution in [0.15, 0.2) is 34.9 Å². The fourth-order valence-electron chi connectivity index (χ4n) is 3.56. The van der Waals surface area contributed by atoms with E-state index in [4.69, 9.17) is 4.52 Å². The molecule has 3 aromatic rings. The minimum absolute atomic E-state index is 0.0128. The highest BCUT2D eigenvalue weighted by Gasteiger charge is 2.50. The van der Waals surface area contributed by atoms with Gasteiger partial charge in [-0.2, -0.15) is 10.1 Å². The van der Waals surface area contributed by atoms with E-state index < -0.39 is 24.6 Å². The van der Waals surface area contributed by atoms with Gasteiger partial charge in [-0.15, -0.1) is 0 Å². The first-order chi connectivity index (χ1) is 15.4. The molecule has 170 valence electrons. The zero-order valence-electron chi connectivity index (χ0n) is 17.7. The van der Waals surface area contributed by atoms with E-state index >= 15 is 0 Å². The minimum atomic E-state index is -2.85. The van der Waals surface area contributed by atoms with Gasteiger partial charge in [0.15, 0.2) is 11.5 Å². The van der Waals surface area contributed by atoms with Crippen LogP contribution in [0.5, 0.6) is 0 Å². The Morgan fingerprint density at radius 1 is 1.34 bits per heavy atom. The zero-order chi connectivity index (χ0) is 23.3. The van der Waals surface area contributed by atoms with E-state index in [1.165, 1.54) is 7.05 Å². The van der Waals surface area contributed by atoms with Crippen LogP contribution in [0, 0.1) is 6.92 Å². The molecule has 1 saturated carbocycles. The predicted molar refractivity (Wildman–Crippen MR) is 111 cm³/mol. The van der Waals surface area contributed by atoms with Crippen LogP contribution in [0.1, 0.15) is 41.9 Å². The summed E-state index contributed by atoms with van der Waals surface area (Å²) < 4.78 is 33.0. The number of aryl methyl sites for hydroxylation is 1. The lowest BCUT2D eigenvalue weighted by molar-refractivity contribution is -0.123. The predicted octanol–water partition coefficient (Wildman–Crippen LogP) is 2.15. The Balaban J connectivity index is 0.00000141. The molecule has 32 heavy (non-hydrogen) atoms.